The Hall–Kier alpha value is -1.81. The van der Waals surface area contributed by atoms with Gasteiger partial charge in [0.15, 0.2) is 5.13 Å². The third-order valence-electron chi connectivity index (χ3n) is 2.62. The number of anilines is 1. The molecule has 110 valence electrons. The number of aliphatic hydroxyl groups is 1. The number of amides is 1. The summed E-state index contributed by atoms with van der Waals surface area (Å²) in [5.41, 5.74) is 0.480. The molecule has 1 amide bonds. The predicted molar refractivity (Wildman–Crippen MR) is 83.9 cm³/mol. The average Bonchev–Trinajstić information content (AvgIpc) is 3.03. The Balaban J connectivity index is 2.16. The maximum absolute atomic E-state index is 12.3. The molecule has 0 unspecified atom stereocenters. The first-order valence-corrected chi connectivity index (χ1v) is 7.45. The highest BCUT2D eigenvalue weighted by atomic mass is 35.5. The van der Waals surface area contributed by atoms with Crippen molar-refractivity contribution in [2.45, 2.75) is 19.9 Å². The van der Waals surface area contributed by atoms with Crippen LogP contribution in [0.3, 0.4) is 0 Å². The van der Waals surface area contributed by atoms with E-state index >= 15 is 0 Å². The van der Waals surface area contributed by atoms with Gasteiger partial charge >= 0.3 is 0 Å². The number of halogens is 1. The van der Waals surface area contributed by atoms with E-state index in [1.165, 1.54) is 11.3 Å². The van der Waals surface area contributed by atoms with Gasteiger partial charge in [-0.25, -0.2) is 4.98 Å². The van der Waals surface area contributed by atoms with Gasteiger partial charge in [-0.3, -0.25) is 10.1 Å². The molecule has 2 N–H and O–H groups in total. The van der Waals surface area contributed by atoms with Crippen molar-refractivity contribution in [2.75, 3.05) is 11.9 Å². The first-order chi connectivity index (χ1) is 10.0. The number of carbonyl (C=O) groups excluding carboxylic acids is 1. The molecule has 0 spiro atoms. The highest BCUT2D eigenvalue weighted by Gasteiger charge is 2.16. The molecule has 0 fully saturated rings. The number of rotatable bonds is 3. The van der Waals surface area contributed by atoms with E-state index in [2.05, 4.69) is 22.1 Å². The molecule has 5 nitrogen and oxygen atoms in total. The molecule has 0 saturated heterocycles. The number of nitrogens with one attached hydrogen (secondary N) is 1. The summed E-state index contributed by atoms with van der Waals surface area (Å²) in [5.74, 6) is 5.00. The number of aromatic nitrogens is 2. The van der Waals surface area contributed by atoms with Gasteiger partial charge in [-0.2, -0.15) is 0 Å². The second-order valence-electron chi connectivity index (χ2n) is 4.49. The summed E-state index contributed by atoms with van der Waals surface area (Å²) in [6, 6.07) is 1.75. The summed E-state index contributed by atoms with van der Waals surface area (Å²) in [6.07, 6.45) is 3.28. The number of aliphatic hydroxyl groups excluding tert-OH is 1. The quantitative estimate of drug-likeness (QED) is 0.853. The largest absolute Gasteiger partial charge is 0.384 e. The summed E-state index contributed by atoms with van der Waals surface area (Å²) in [6.45, 7) is 3.73. The number of hydrogen-bond acceptors (Lipinski definition) is 4. The van der Waals surface area contributed by atoms with Crippen molar-refractivity contribution in [1.29, 1.82) is 0 Å². The fourth-order valence-electron chi connectivity index (χ4n) is 1.73. The summed E-state index contributed by atoms with van der Waals surface area (Å²) in [4.78, 5) is 17.0. The van der Waals surface area contributed by atoms with E-state index in [0.29, 0.717) is 20.7 Å². The zero-order valence-corrected chi connectivity index (χ0v) is 13.1. The Labute approximate surface area is 131 Å². The molecular formula is C14H14ClN3O2S. The van der Waals surface area contributed by atoms with Gasteiger partial charge < -0.3 is 9.67 Å². The van der Waals surface area contributed by atoms with E-state index in [1.807, 2.05) is 13.8 Å². The first kappa shape index (κ1) is 15.6. The summed E-state index contributed by atoms with van der Waals surface area (Å²) in [5, 5.41) is 12.3. The van der Waals surface area contributed by atoms with Gasteiger partial charge in [0, 0.05) is 12.2 Å². The topological polar surface area (TPSA) is 67.2 Å². The van der Waals surface area contributed by atoms with Gasteiger partial charge in [-0.15, -0.1) is 0 Å². The van der Waals surface area contributed by atoms with Crippen LogP contribution in [0.4, 0.5) is 5.13 Å². The zero-order valence-electron chi connectivity index (χ0n) is 11.6. The Morgan fingerprint density at radius 1 is 1.62 bits per heavy atom. The lowest BCUT2D eigenvalue weighted by Gasteiger charge is -2.11. The van der Waals surface area contributed by atoms with Crippen LogP contribution in [0.1, 0.15) is 35.3 Å². The number of thiazole rings is 1. The van der Waals surface area contributed by atoms with Gasteiger partial charge in [-0.1, -0.05) is 34.8 Å². The predicted octanol–water partition coefficient (Wildman–Crippen LogP) is 2.78. The molecule has 0 aromatic carbocycles. The first-order valence-electron chi connectivity index (χ1n) is 6.25. The normalized spacial score (nSPS) is 10.3. The molecule has 2 aromatic rings. The minimum atomic E-state index is -0.272. The van der Waals surface area contributed by atoms with Gasteiger partial charge in [0.25, 0.3) is 5.91 Å². The van der Waals surface area contributed by atoms with Crippen LogP contribution in [0.5, 0.6) is 0 Å². The number of hydrogen-bond donors (Lipinski definition) is 2. The lowest BCUT2D eigenvalue weighted by molar-refractivity contribution is 0.101. The lowest BCUT2D eigenvalue weighted by atomic mass is 10.3. The third kappa shape index (κ3) is 3.85. The van der Waals surface area contributed by atoms with Crippen LogP contribution in [0.25, 0.3) is 0 Å². The van der Waals surface area contributed by atoms with Crippen LogP contribution in [-0.4, -0.2) is 27.2 Å². The van der Waals surface area contributed by atoms with Crippen molar-refractivity contribution < 1.29 is 9.90 Å². The van der Waals surface area contributed by atoms with Crippen molar-refractivity contribution in [1.82, 2.24) is 9.55 Å². The summed E-state index contributed by atoms with van der Waals surface area (Å²) >= 11 is 7.21. The summed E-state index contributed by atoms with van der Waals surface area (Å²) < 4.78 is 1.80. The minimum Gasteiger partial charge on any atom is -0.384 e. The lowest BCUT2D eigenvalue weighted by Crippen LogP contribution is -2.17. The van der Waals surface area contributed by atoms with E-state index in [1.54, 1.807) is 23.0 Å². The van der Waals surface area contributed by atoms with Crippen LogP contribution in [-0.2, 0) is 0 Å². The molecule has 0 aliphatic rings. The Bertz CT molecular complexity index is 709. The Morgan fingerprint density at radius 2 is 2.38 bits per heavy atom. The molecule has 2 heterocycles. The summed E-state index contributed by atoms with van der Waals surface area (Å²) in [7, 11) is 0. The van der Waals surface area contributed by atoms with E-state index in [0.717, 1.165) is 0 Å². The van der Waals surface area contributed by atoms with Gasteiger partial charge in [-0.05, 0) is 19.9 Å². The Morgan fingerprint density at radius 3 is 3.05 bits per heavy atom. The molecule has 0 aliphatic carbocycles. The SMILES string of the molecule is CC(C)n1cc(Cl)cc1C(=O)Nc1ncc(C#CCO)s1. The molecule has 0 atom stereocenters. The molecule has 0 aliphatic heterocycles. The van der Waals surface area contributed by atoms with Crippen molar-refractivity contribution in [2.24, 2.45) is 0 Å². The average molecular weight is 324 g/mol. The second-order valence-corrected chi connectivity index (χ2v) is 5.96. The second kappa shape index (κ2) is 6.76. The molecule has 2 rings (SSSR count). The number of carbonyl (C=O) groups is 1. The van der Waals surface area contributed by atoms with Crippen molar-refractivity contribution in [3.05, 3.63) is 34.1 Å². The van der Waals surface area contributed by atoms with E-state index < -0.39 is 0 Å². The van der Waals surface area contributed by atoms with Crippen LogP contribution >= 0.6 is 22.9 Å². The van der Waals surface area contributed by atoms with Gasteiger partial charge in [0.1, 0.15) is 12.3 Å². The fourth-order valence-corrected chi connectivity index (χ4v) is 2.63. The molecular weight excluding hydrogens is 310 g/mol. The van der Waals surface area contributed by atoms with Gasteiger partial charge in [0.2, 0.25) is 0 Å². The molecule has 2 aromatic heterocycles. The Kier molecular flexibility index (Phi) is 5.02. The third-order valence-corrected chi connectivity index (χ3v) is 3.66. The van der Waals surface area contributed by atoms with E-state index in [9.17, 15) is 4.79 Å². The highest BCUT2D eigenvalue weighted by Crippen LogP contribution is 2.22. The van der Waals surface area contributed by atoms with Crippen molar-refractivity contribution >= 4 is 34.0 Å². The highest BCUT2D eigenvalue weighted by molar-refractivity contribution is 7.16. The minimum absolute atomic E-state index is 0.125. The zero-order chi connectivity index (χ0) is 15.4. The molecule has 0 bridgehead atoms. The number of nitrogens with zero attached hydrogens (tertiary/aromatic N) is 2. The van der Waals surface area contributed by atoms with E-state index in [4.69, 9.17) is 16.7 Å². The fraction of sp³-hybridized carbons (Fsp3) is 0.286. The molecule has 21 heavy (non-hydrogen) atoms. The van der Waals surface area contributed by atoms with Crippen LogP contribution in [0, 0.1) is 11.8 Å². The van der Waals surface area contributed by atoms with Crippen LogP contribution < -0.4 is 5.32 Å². The molecule has 7 heteroatoms. The monoisotopic (exact) mass is 323 g/mol. The van der Waals surface area contributed by atoms with Crippen molar-refractivity contribution in [3.8, 4) is 11.8 Å². The van der Waals surface area contributed by atoms with Crippen LogP contribution in [0.15, 0.2) is 18.5 Å². The molecule has 0 radical (unpaired) electrons. The molecule has 0 saturated carbocycles. The smallest absolute Gasteiger partial charge is 0.274 e. The van der Waals surface area contributed by atoms with E-state index in [-0.39, 0.29) is 18.6 Å². The van der Waals surface area contributed by atoms with Crippen LogP contribution in [0.2, 0.25) is 5.02 Å². The van der Waals surface area contributed by atoms with Crippen molar-refractivity contribution in [3.63, 3.8) is 0 Å². The standard InChI is InChI=1S/C14H14ClN3O2S/c1-9(2)18-8-10(15)6-12(18)13(20)17-14-16-7-11(21-14)4-3-5-19/h6-9,19H,5H2,1-2H3,(H,16,17,20). The maximum atomic E-state index is 12.3. The maximum Gasteiger partial charge on any atom is 0.274 e. The van der Waals surface area contributed by atoms with Gasteiger partial charge in [0.05, 0.1) is 16.1 Å².